The SMILES string of the molecule is Cc1cc(F)c2c(sc3ccccc32)c1C1=NC2C=c3c(C)c(C)c4ccccc4c3=CC2N1. The molecule has 166 valence electrons. The molecule has 0 fully saturated rings. The van der Waals surface area contributed by atoms with E-state index in [0.29, 0.717) is 5.39 Å². The van der Waals surface area contributed by atoms with Crippen LogP contribution in [0.2, 0.25) is 0 Å². The summed E-state index contributed by atoms with van der Waals surface area (Å²) in [6, 6.07) is 18.5. The van der Waals surface area contributed by atoms with E-state index in [2.05, 4.69) is 61.6 Å². The van der Waals surface area contributed by atoms with Crippen molar-refractivity contribution in [1.82, 2.24) is 5.32 Å². The van der Waals surface area contributed by atoms with Crippen LogP contribution in [0.25, 0.3) is 43.1 Å². The van der Waals surface area contributed by atoms with Crippen molar-refractivity contribution >= 4 is 60.3 Å². The molecule has 2 atom stereocenters. The van der Waals surface area contributed by atoms with Gasteiger partial charge in [0.25, 0.3) is 0 Å². The molecule has 2 aliphatic rings. The first kappa shape index (κ1) is 19.9. The number of halogens is 1. The topological polar surface area (TPSA) is 24.4 Å². The highest BCUT2D eigenvalue weighted by atomic mass is 32.1. The maximum absolute atomic E-state index is 15.1. The lowest BCUT2D eigenvalue weighted by atomic mass is 9.90. The molecule has 0 saturated heterocycles. The van der Waals surface area contributed by atoms with Gasteiger partial charge < -0.3 is 5.32 Å². The Balaban J connectivity index is 1.45. The second kappa shape index (κ2) is 7.00. The van der Waals surface area contributed by atoms with Gasteiger partial charge in [0, 0.05) is 25.7 Å². The molecule has 0 spiro atoms. The molecule has 2 nitrogen and oxygen atoms in total. The van der Waals surface area contributed by atoms with Crippen molar-refractivity contribution < 1.29 is 4.39 Å². The smallest absolute Gasteiger partial charge is 0.132 e. The van der Waals surface area contributed by atoms with Gasteiger partial charge in [0.1, 0.15) is 11.7 Å². The van der Waals surface area contributed by atoms with Crippen molar-refractivity contribution in [1.29, 1.82) is 0 Å². The van der Waals surface area contributed by atoms with Gasteiger partial charge in [-0.3, -0.25) is 4.99 Å². The van der Waals surface area contributed by atoms with E-state index in [1.54, 1.807) is 17.4 Å². The Morgan fingerprint density at radius 3 is 2.41 bits per heavy atom. The Morgan fingerprint density at radius 2 is 1.59 bits per heavy atom. The summed E-state index contributed by atoms with van der Waals surface area (Å²) >= 11 is 1.65. The lowest BCUT2D eigenvalue weighted by Gasteiger charge is -2.19. The first-order chi connectivity index (χ1) is 16.5. The second-order valence-electron chi connectivity index (χ2n) is 9.45. The van der Waals surface area contributed by atoms with Gasteiger partial charge in [0.15, 0.2) is 0 Å². The predicted octanol–water partition coefficient (Wildman–Crippen LogP) is 5.63. The van der Waals surface area contributed by atoms with E-state index in [-0.39, 0.29) is 17.9 Å². The van der Waals surface area contributed by atoms with Gasteiger partial charge in [0.05, 0.1) is 12.1 Å². The molecular formula is C30H23FN2S. The van der Waals surface area contributed by atoms with Crippen LogP contribution in [-0.4, -0.2) is 17.9 Å². The highest BCUT2D eigenvalue weighted by Gasteiger charge is 2.31. The molecule has 2 unspecified atom stereocenters. The van der Waals surface area contributed by atoms with Gasteiger partial charge in [-0.15, -0.1) is 11.3 Å². The number of thiophene rings is 1. The monoisotopic (exact) mass is 462 g/mol. The lowest BCUT2D eigenvalue weighted by Crippen LogP contribution is -2.43. The van der Waals surface area contributed by atoms with Crippen LogP contribution in [0.15, 0.2) is 59.6 Å². The second-order valence-corrected chi connectivity index (χ2v) is 10.5. The van der Waals surface area contributed by atoms with E-state index < -0.39 is 0 Å². The lowest BCUT2D eigenvalue weighted by molar-refractivity contribution is 0.639. The minimum absolute atomic E-state index is 0.0237. The molecule has 4 aromatic carbocycles. The van der Waals surface area contributed by atoms with Crippen molar-refractivity contribution in [2.45, 2.75) is 32.9 Å². The molecule has 34 heavy (non-hydrogen) atoms. The first-order valence-electron chi connectivity index (χ1n) is 11.7. The van der Waals surface area contributed by atoms with Gasteiger partial charge >= 0.3 is 0 Å². The van der Waals surface area contributed by atoms with E-state index in [4.69, 9.17) is 4.99 Å². The van der Waals surface area contributed by atoms with Crippen molar-refractivity contribution in [2.24, 2.45) is 4.99 Å². The first-order valence-corrected chi connectivity index (χ1v) is 12.5. The molecule has 5 aromatic rings. The van der Waals surface area contributed by atoms with Gasteiger partial charge in [-0.1, -0.05) is 48.5 Å². The molecule has 1 aliphatic carbocycles. The third-order valence-electron chi connectivity index (χ3n) is 7.55. The molecule has 7 rings (SSSR count). The number of hydrogen-bond donors (Lipinski definition) is 1. The Kier molecular flexibility index (Phi) is 4.10. The number of fused-ring (bicyclic) bond motifs is 7. The normalized spacial score (nSPS) is 18.9. The largest absolute Gasteiger partial charge is 0.361 e. The number of aliphatic imine (C=N–C) groups is 1. The predicted molar refractivity (Wildman–Crippen MR) is 143 cm³/mol. The highest BCUT2D eigenvalue weighted by molar-refractivity contribution is 7.26. The van der Waals surface area contributed by atoms with Gasteiger partial charge in [-0.05, 0) is 76.9 Å². The van der Waals surface area contributed by atoms with E-state index in [1.807, 2.05) is 25.1 Å². The number of nitrogens with one attached hydrogen (secondary N) is 1. The maximum atomic E-state index is 15.1. The van der Waals surface area contributed by atoms with Crippen LogP contribution < -0.4 is 15.8 Å². The summed E-state index contributed by atoms with van der Waals surface area (Å²) in [6.07, 6.45) is 4.65. The molecule has 0 radical (unpaired) electrons. The Labute approximate surface area is 200 Å². The Hall–Kier alpha value is -3.50. The molecule has 0 bridgehead atoms. The molecule has 0 amide bonds. The molecule has 2 heterocycles. The van der Waals surface area contributed by atoms with E-state index in [1.165, 1.54) is 32.3 Å². The van der Waals surface area contributed by atoms with Crippen LogP contribution in [-0.2, 0) is 0 Å². The molecule has 1 N–H and O–H groups in total. The number of rotatable bonds is 1. The van der Waals surface area contributed by atoms with Crippen LogP contribution in [0.5, 0.6) is 0 Å². The number of benzene rings is 4. The number of aryl methyl sites for hydroxylation is 2. The fraction of sp³-hybridized carbons (Fsp3) is 0.167. The highest BCUT2D eigenvalue weighted by Crippen LogP contribution is 2.39. The van der Waals surface area contributed by atoms with Crippen molar-refractivity contribution in [3.05, 3.63) is 93.1 Å². The summed E-state index contributed by atoms with van der Waals surface area (Å²) in [4.78, 5) is 5.14. The fourth-order valence-electron chi connectivity index (χ4n) is 5.73. The summed E-state index contributed by atoms with van der Waals surface area (Å²) in [5, 5.41) is 10.5. The summed E-state index contributed by atoms with van der Waals surface area (Å²) in [5.41, 5.74) is 4.58. The van der Waals surface area contributed by atoms with Crippen molar-refractivity contribution in [3.8, 4) is 0 Å². The third-order valence-corrected chi connectivity index (χ3v) is 8.74. The minimum Gasteiger partial charge on any atom is -0.361 e. The maximum Gasteiger partial charge on any atom is 0.132 e. The molecule has 1 aliphatic heterocycles. The Bertz CT molecular complexity index is 1840. The van der Waals surface area contributed by atoms with Gasteiger partial charge in [-0.25, -0.2) is 4.39 Å². The van der Waals surface area contributed by atoms with E-state index in [0.717, 1.165) is 31.7 Å². The van der Waals surface area contributed by atoms with Gasteiger partial charge in [-0.2, -0.15) is 0 Å². The summed E-state index contributed by atoms with van der Waals surface area (Å²) in [6.45, 7) is 6.40. The van der Waals surface area contributed by atoms with Crippen LogP contribution in [0.3, 0.4) is 0 Å². The molecule has 4 heteroatoms. The average molecular weight is 463 g/mol. The molecule has 0 saturated carbocycles. The van der Waals surface area contributed by atoms with Crippen molar-refractivity contribution in [3.63, 3.8) is 0 Å². The number of amidine groups is 1. The summed E-state index contributed by atoms with van der Waals surface area (Å²) in [7, 11) is 0. The van der Waals surface area contributed by atoms with E-state index in [9.17, 15) is 0 Å². The van der Waals surface area contributed by atoms with Crippen LogP contribution in [0.1, 0.15) is 22.3 Å². The van der Waals surface area contributed by atoms with Crippen LogP contribution in [0, 0.1) is 26.6 Å². The van der Waals surface area contributed by atoms with Crippen LogP contribution >= 0.6 is 11.3 Å². The standard InChI is InChI=1S/C30H23FN2S/c1-15-12-23(31)28-20-10-6-7-11-26(20)34-29(28)27(15)30-32-24-13-21-17(3)16(2)18-8-4-5-9-19(18)22(21)14-25(24)33-30/h4-14,24-25H,1-3H3,(H,32,33). The minimum atomic E-state index is -0.159. The average Bonchev–Trinajstić information content (AvgIpc) is 3.42. The molecular weight excluding hydrogens is 439 g/mol. The zero-order valence-electron chi connectivity index (χ0n) is 19.2. The van der Waals surface area contributed by atoms with Gasteiger partial charge in [0.2, 0.25) is 0 Å². The quantitative estimate of drug-likeness (QED) is 0.343. The van der Waals surface area contributed by atoms with Crippen molar-refractivity contribution in [2.75, 3.05) is 0 Å². The summed E-state index contributed by atoms with van der Waals surface area (Å²) < 4.78 is 17.2. The fourth-order valence-corrected chi connectivity index (χ4v) is 7.05. The molecule has 1 aromatic heterocycles. The summed E-state index contributed by atoms with van der Waals surface area (Å²) in [5.74, 6) is 0.704. The van der Waals surface area contributed by atoms with Crippen LogP contribution in [0.4, 0.5) is 4.39 Å². The number of nitrogens with zero attached hydrogens (tertiary/aromatic N) is 1. The zero-order chi connectivity index (χ0) is 23.1. The Morgan fingerprint density at radius 1 is 0.853 bits per heavy atom. The zero-order valence-corrected chi connectivity index (χ0v) is 20.1. The van der Waals surface area contributed by atoms with E-state index >= 15 is 4.39 Å². The third kappa shape index (κ3) is 2.63. The number of hydrogen-bond acceptors (Lipinski definition) is 3.